The minimum absolute atomic E-state index is 0.0658. The molecule has 0 radical (unpaired) electrons. The van der Waals surface area contributed by atoms with Crippen LogP contribution in [0.5, 0.6) is 0 Å². The van der Waals surface area contributed by atoms with E-state index in [1.165, 1.54) is 24.3 Å². The molecule has 0 aromatic heterocycles. The van der Waals surface area contributed by atoms with Crippen molar-refractivity contribution in [2.24, 2.45) is 5.14 Å². The number of nitro benzene ring substituents is 1. The second-order valence-corrected chi connectivity index (χ2v) is 6.91. The maximum absolute atomic E-state index is 13.1. The number of nitrogens with two attached hydrogens (primary N) is 1. The maximum Gasteiger partial charge on any atom is 0.418 e. The molecule has 0 saturated carbocycles. The smallest absolute Gasteiger partial charge is 0.384 e. The zero-order valence-electron chi connectivity index (χ0n) is 13.2. The molecule has 0 amide bonds. The highest BCUT2D eigenvalue weighted by atomic mass is 32.2. The van der Waals surface area contributed by atoms with Crippen LogP contribution in [0, 0.1) is 10.1 Å². The average molecular weight is 389 g/mol. The number of anilines is 1. The van der Waals surface area contributed by atoms with E-state index in [0.717, 1.165) is 12.1 Å². The third kappa shape index (κ3) is 4.92. The summed E-state index contributed by atoms with van der Waals surface area (Å²) in [7, 11) is -3.81. The van der Waals surface area contributed by atoms with Crippen molar-refractivity contribution in [3.63, 3.8) is 0 Å². The summed E-state index contributed by atoms with van der Waals surface area (Å²) in [5.74, 6) is 0. The quantitative estimate of drug-likeness (QED) is 0.582. The van der Waals surface area contributed by atoms with Crippen molar-refractivity contribution < 1.29 is 26.5 Å². The second kappa shape index (κ2) is 7.30. The zero-order valence-corrected chi connectivity index (χ0v) is 14.0. The van der Waals surface area contributed by atoms with Gasteiger partial charge in [0.25, 0.3) is 5.69 Å². The van der Waals surface area contributed by atoms with Gasteiger partial charge in [0, 0.05) is 24.4 Å². The molecule has 7 nitrogen and oxygen atoms in total. The topological polar surface area (TPSA) is 115 Å². The molecule has 2 rings (SSSR count). The van der Waals surface area contributed by atoms with Crippen molar-refractivity contribution in [3.8, 4) is 0 Å². The molecule has 0 heterocycles. The van der Waals surface area contributed by atoms with Crippen LogP contribution < -0.4 is 10.5 Å². The Balaban J connectivity index is 2.11. The number of benzene rings is 2. The average Bonchev–Trinajstić information content (AvgIpc) is 2.53. The van der Waals surface area contributed by atoms with Crippen LogP contribution in [-0.2, 0) is 22.6 Å². The number of hydrogen-bond acceptors (Lipinski definition) is 5. The summed E-state index contributed by atoms with van der Waals surface area (Å²) in [6.07, 6.45) is -4.44. The van der Waals surface area contributed by atoms with Crippen LogP contribution in [0.4, 0.5) is 24.5 Å². The molecule has 2 aromatic carbocycles. The van der Waals surface area contributed by atoms with Crippen molar-refractivity contribution >= 4 is 21.4 Å². The van der Waals surface area contributed by atoms with Gasteiger partial charge in [0.1, 0.15) is 0 Å². The lowest BCUT2D eigenvalue weighted by molar-refractivity contribution is -0.385. The van der Waals surface area contributed by atoms with Crippen LogP contribution in [0.2, 0.25) is 0 Å². The lowest BCUT2D eigenvalue weighted by atomic mass is 10.1. The monoisotopic (exact) mass is 389 g/mol. The Morgan fingerprint density at radius 3 is 2.23 bits per heavy atom. The molecule has 0 aliphatic rings. The SMILES string of the molecule is NS(=O)(=O)c1ccc(CCNc2ccc([N+](=O)[O-])cc2C(F)(F)F)cc1. The van der Waals surface area contributed by atoms with Crippen LogP contribution in [-0.4, -0.2) is 19.9 Å². The first-order valence-corrected chi connectivity index (χ1v) is 8.74. The van der Waals surface area contributed by atoms with Crippen molar-refractivity contribution in [1.29, 1.82) is 0 Å². The van der Waals surface area contributed by atoms with Gasteiger partial charge in [-0.05, 0) is 30.2 Å². The molecule has 0 atom stereocenters. The third-order valence-electron chi connectivity index (χ3n) is 3.50. The minimum Gasteiger partial charge on any atom is -0.384 e. The Labute approximate surface area is 146 Å². The summed E-state index contributed by atoms with van der Waals surface area (Å²) in [4.78, 5) is 9.69. The number of hydrogen-bond donors (Lipinski definition) is 2. The van der Waals surface area contributed by atoms with E-state index in [9.17, 15) is 31.7 Å². The summed E-state index contributed by atoms with van der Waals surface area (Å²) in [6.45, 7) is 0.107. The van der Waals surface area contributed by atoms with Gasteiger partial charge in [-0.25, -0.2) is 13.6 Å². The Morgan fingerprint density at radius 2 is 1.73 bits per heavy atom. The molecule has 0 spiro atoms. The third-order valence-corrected chi connectivity index (χ3v) is 4.43. The number of sulfonamides is 1. The van der Waals surface area contributed by atoms with Crippen LogP contribution in [0.3, 0.4) is 0 Å². The van der Waals surface area contributed by atoms with E-state index in [1.54, 1.807) is 0 Å². The number of rotatable bonds is 6. The van der Waals surface area contributed by atoms with Gasteiger partial charge in [-0.15, -0.1) is 0 Å². The Morgan fingerprint density at radius 1 is 1.12 bits per heavy atom. The standard InChI is InChI=1S/C15H14F3N3O4S/c16-15(17,18)13-9-11(21(22)23)3-6-14(13)20-8-7-10-1-4-12(5-2-10)26(19,24)25/h1-6,9,20H,7-8H2,(H2,19,24,25). The first-order chi connectivity index (χ1) is 12.0. The summed E-state index contributed by atoms with van der Waals surface area (Å²) < 4.78 is 61.5. The van der Waals surface area contributed by atoms with E-state index in [1.807, 2.05) is 0 Å². The number of non-ortho nitro benzene ring substituents is 1. The minimum atomic E-state index is -4.74. The Hall–Kier alpha value is -2.66. The lowest BCUT2D eigenvalue weighted by Gasteiger charge is -2.14. The van der Waals surface area contributed by atoms with Gasteiger partial charge in [0.2, 0.25) is 10.0 Å². The Bertz CT molecular complexity index is 913. The molecule has 0 bridgehead atoms. The molecule has 0 fully saturated rings. The number of nitro groups is 1. The van der Waals surface area contributed by atoms with E-state index in [0.29, 0.717) is 18.1 Å². The summed E-state index contributed by atoms with van der Waals surface area (Å²) >= 11 is 0. The molecule has 140 valence electrons. The molecule has 0 aliphatic carbocycles. The van der Waals surface area contributed by atoms with Gasteiger partial charge in [-0.1, -0.05) is 12.1 Å². The molecule has 26 heavy (non-hydrogen) atoms. The molecule has 3 N–H and O–H groups in total. The number of nitrogens with zero attached hydrogens (tertiary/aromatic N) is 1. The molecular formula is C15H14F3N3O4S. The highest BCUT2D eigenvalue weighted by molar-refractivity contribution is 7.89. The number of primary sulfonamides is 1. The Kier molecular flexibility index (Phi) is 5.52. The van der Waals surface area contributed by atoms with E-state index in [-0.39, 0.29) is 17.1 Å². The second-order valence-electron chi connectivity index (χ2n) is 5.35. The van der Waals surface area contributed by atoms with E-state index >= 15 is 0 Å². The van der Waals surface area contributed by atoms with E-state index < -0.39 is 32.4 Å². The van der Waals surface area contributed by atoms with Crippen LogP contribution >= 0.6 is 0 Å². The van der Waals surface area contributed by atoms with Crippen molar-refractivity contribution in [3.05, 3.63) is 63.7 Å². The number of halogens is 3. The van der Waals surface area contributed by atoms with Gasteiger partial charge < -0.3 is 5.32 Å². The van der Waals surface area contributed by atoms with Crippen molar-refractivity contribution in [2.45, 2.75) is 17.5 Å². The fourth-order valence-corrected chi connectivity index (χ4v) is 2.74. The van der Waals surface area contributed by atoms with E-state index in [4.69, 9.17) is 5.14 Å². The predicted molar refractivity (Wildman–Crippen MR) is 88.1 cm³/mol. The zero-order chi connectivity index (χ0) is 19.5. The number of alkyl halides is 3. The van der Waals surface area contributed by atoms with Gasteiger partial charge in [0.15, 0.2) is 0 Å². The molecule has 0 unspecified atom stereocenters. The van der Waals surface area contributed by atoms with Gasteiger partial charge >= 0.3 is 6.18 Å². The first kappa shape index (κ1) is 19.7. The summed E-state index contributed by atoms with van der Waals surface area (Å²) in [5.41, 5.74) is -1.37. The van der Waals surface area contributed by atoms with Crippen molar-refractivity contribution in [2.75, 3.05) is 11.9 Å². The maximum atomic E-state index is 13.1. The van der Waals surface area contributed by atoms with Crippen LogP contribution in [0.1, 0.15) is 11.1 Å². The molecular weight excluding hydrogens is 375 g/mol. The molecule has 11 heteroatoms. The fourth-order valence-electron chi connectivity index (χ4n) is 2.22. The number of nitrogens with one attached hydrogen (secondary N) is 1. The van der Waals surface area contributed by atoms with Gasteiger partial charge in [-0.2, -0.15) is 13.2 Å². The lowest BCUT2D eigenvalue weighted by Crippen LogP contribution is -2.14. The van der Waals surface area contributed by atoms with Gasteiger partial charge in [0.05, 0.1) is 15.4 Å². The van der Waals surface area contributed by atoms with Crippen LogP contribution in [0.15, 0.2) is 47.4 Å². The highest BCUT2D eigenvalue weighted by Gasteiger charge is 2.35. The summed E-state index contributed by atoms with van der Waals surface area (Å²) in [6, 6.07) is 8.08. The predicted octanol–water partition coefficient (Wildman–Crippen LogP) is 2.92. The van der Waals surface area contributed by atoms with E-state index in [2.05, 4.69) is 5.32 Å². The first-order valence-electron chi connectivity index (χ1n) is 7.20. The van der Waals surface area contributed by atoms with Crippen molar-refractivity contribution in [1.82, 2.24) is 0 Å². The highest BCUT2D eigenvalue weighted by Crippen LogP contribution is 2.37. The largest absolute Gasteiger partial charge is 0.418 e. The molecule has 0 saturated heterocycles. The fraction of sp³-hybridized carbons (Fsp3) is 0.200. The summed E-state index contributed by atoms with van der Waals surface area (Å²) in [5, 5.41) is 18.2. The van der Waals surface area contributed by atoms with Gasteiger partial charge in [-0.3, -0.25) is 10.1 Å². The normalized spacial score (nSPS) is 12.0. The molecule has 2 aromatic rings. The van der Waals surface area contributed by atoms with Crippen LogP contribution in [0.25, 0.3) is 0 Å². The molecule has 0 aliphatic heterocycles.